The fourth-order valence-electron chi connectivity index (χ4n) is 2.57. The maximum atomic E-state index is 6.35. The summed E-state index contributed by atoms with van der Waals surface area (Å²) in [5, 5.41) is 5.31. The van der Waals surface area contributed by atoms with Gasteiger partial charge >= 0.3 is 0 Å². The molecule has 18 heavy (non-hydrogen) atoms. The standard InChI is InChI=1S/C15H22ClNS/c1-3-17-14(15-5-4-8-18-15)10-12-7-6-11(2)9-13(12)16/h6-7,9,14-15,17H,3-5,8,10H2,1-2H3. The molecular weight excluding hydrogens is 262 g/mol. The molecule has 1 saturated heterocycles. The lowest BCUT2D eigenvalue weighted by Gasteiger charge is -2.24. The predicted octanol–water partition coefficient (Wildman–Crippen LogP) is 4.06. The Morgan fingerprint density at radius 1 is 1.50 bits per heavy atom. The van der Waals surface area contributed by atoms with Crippen molar-refractivity contribution in [2.45, 2.75) is 44.4 Å². The minimum Gasteiger partial charge on any atom is -0.313 e. The summed E-state index contributed by atoms with van der Waals surface area (Å²) >= 11 is 8.46. The summed E-state index contributed by atoms with van der Waals surface area (Å²) in [4.78, 5) is 0. The van der Waals surface area contributed by atoms with E-state index in [1.54, 1.807) is 0 Å². The average Bonchev–Trinajstić information content (AvgIpc) is 2.85. The van der Waals surface area contributed by atoms with Gasteiger partial charge in [0.15, 0.2) is 0 Å². The molecule has 0 bridgehead atoms. The van der Waals surface area contributed by atoms with Gasteiger partial charge in [-0.1, -0.05) is 30.7 Å². The second kappa shape index (κ2) is 6.83. The number of rotatable bonds is 5. The molecule has 1 heterocycles. The van der Waals surface area contributed by atoms with Crippen LogP contribution in [0.4, 0.5) is 0 Å². The van der Waals surface area contributed by atoms with E-state index in [0.717, 1.165) is 23.2 Å². The van der Waals surface area contributed by atoms with Gasteiger partial charge in [0.1, 0.15) is 0 Å². The molecule has 0 radical (unpaired) electrons. The summed E-state index contributed by atoms with van der Waals surface area (Å²) in [5.74, 6) is 1.31. The van der Waals surface area contributed by atoms with Crippen LogP contribution >= 0.6 is 23.4 Å². The van der Waals surface area contributed by atoms with E-state index in [1.165, 1.54) is 29.7 Å². The Morgan fingerprint density at radius 3 is 2.94 bits per heavy atom. The van der Waals surface area contributed by atoms with Crippen molar-refractivity contribution in [1.82, 2.24) is 5.32 Å². The zero-order valence-corrected chi connectivity index (χ0v) is 12.8. The highest BCUT2D eigenvalue weighted by Gasteiger charge is 2.25. The number of hydrogen-bond acceptors (Lipinski definition) is 2. The van der Waals surface area contributed by atoms with Crippen LogP contribution < -0.4 is 5.32 Å². The van der Waals surface area contributed by atoms with Gasteiger partial charge in [-0.2, -0.15) is 11.8 Å². The predicted molar refractivity (Wildman–Crippen MR) is 82.8 cm³/mol. The second-order valence-corrected chi connectivity index (χ2v) is 6.77. The number of nitrogens with one attached hydrogen (secondary N) is 1. The highest BCUT2D eigenvalue weighted by molar-refractivity contribution is 8.00. The van der Waals surface area contributed by atoms with Crippen molar-refractivity contribution in [2.75, 3.05) is 12.3 Å². The first-order valence-electron chi connectivity index (χ1n) is 6.80. The van der Waals surface area contributed by atoms with Crippen molar-refractivity contribution < 1.29 is 0 Å². The zero-order chi connectivity index (χ0) is 13.0. The van der Waals surface area contributed by atoms with Crippen LogP contribution in [0.5, 0.6) is 0 Å². The Labute approximate surface area is 120 Å². The van der Waals surface area contributed by atoms with Crippen LogP contribution in [0.3, 0.4) is 0 Å². The summed E-state index contributed by atoms with van der Waals surface area (Å²) in [5.41, 5.74) is 2.51. The topological polar surface area (TPSA) is 12.0 Å². The first kappa shape index (κ1) is 14.2. The van der Waals surface area contributed by atoms with Gasteiger partial charge in [0.25, 0.3) is 0 Å². The minimum atomic E-state index is 0.558. The van der Waals surface area contributed by atoms with E-state index in [2.05, 4.69) is 49.1 Å². The number of hydrogen-bond donors (Lipinski definition) is 1. The Morgan fingerprint density at radius 2 is 2.33 bits per heavy atom. The molecule has 0 aromatic heterocycles. The van der Waals surface area contributed by atoms with Crippen LogP contribution in [0.25, 0.3) is 0 Å². The molecular formula is C15H22ClNS. The number of benzene rings is 1. The van der Waals surface area contributed by atoms with Crippen LogP contribution in [0.15, 0.2) is 18.2 Å². The molecule has 3 heteroatoms. The normalized spacial score (nSPS) is 21.2. The molecule has 0 aliphatic carbocycles. The lowest BCUT2D eigenvalue weighted by molar-refractivity contribution is 0.495. The van der Waals surface area contributed by atoms with Crippen molar-refractivity contribution in [3.05, 3.63) is 34.3 Å². The summed E-state index contributed by atoms with van der Waals surface area (Å²) in [6.07, 6.45) is 3.75. The monoisotopic (exact) mass is 283 g/mol. The van der Waals surface area contributed by atoms with E-state index in [0.29, 0.717) is 6.04 Å². The molecule has 0 spiro atoms. The Bertz CT molecular complexity index is 388. The summed E-state index contributed by atoms with van der Waals surface area (Å²) < 4.78 is 0. The number of halogens is 1. The van der Waals surface area contributed by atoms with E-state index >= 15 is 0 Å². The SMILES string of the molecule is CCNC(Cc1ccc(C)cc1Cl)C1CCCS1. The third-order valence-corrected chi connectivity index (χ3v) is 5.40. The van der Waals surface area contributed by atoms with Crippen molar-refractivity contribution in [3.8, 4) is 0 Å². The Hall–Kier alpha value is -0.180. The maximum absolute atomic E-state index is 6.35. The van der Waals surface area contributed by atoms with Gasteiger partial charge in [0.2, 0.25) is 0 Å². The van der Waals surface area contributed by atoms with Gasteiger partial charge in [-0.15, -0.1) is 0 Å². The first-order chi connectivity index (χ1) is 8.70. The van der Waals surface area contributed by atoms with Crippen LogP contribution in [-0.2, 0) is 6.42 Å². The van der Waals surface area contributed by atoms with Crippen LogP contribution in [-0.4, -0.2) is 23.6 Å². The molecule has 2 atom stereocenters. The van der Waals surface area contributed by atoms with E-state index in [9.17, 15) is 0 Å². The van der Waals surface area contributed by atoms with Crippen molar-refractivity contribution in [2.24, 2.45) is 0 Å². The van der Waals surface area contributed by atoms with Crippen molar-refractivity contribution >= 4 is 23.4 Å². The third-order valence-electron chi connectivity index (χ3n) is 3.53. The highest BCUT2D eigenvalue weighted by atomic mass is 35.5. The highest BCUT2D eigenvalue weighted by Crippen LogP contribution is 2.31. The molecule has 2 unspecified atom stereocenters. The van der Waals surface area contributed by atoms with Crippen LogP contribution in [0.2, 0.25) is 5.02 Å². The molecule has 1 nitrogen and oxygen atoms in total. The van der Waals surface area contributed by atoms with Gasteiger partial charge in [-0.05, 0) is 55.7 Å². The molecule has 2 rings (SSSR count). The van der Waals surface area contributed by atoms with E-state index < -0.39 is 0 Å². The number of aryl methyl sites for hydroxylation is 1. The van der Waals surface area contributed by atoms with E-state index in [1.807, 2.05) is 0 Å². The fourth-order valence-corrected chi connectivity index (χ4v) is 4.28. The number of thioether (sulfide) groups is 1. The Balaban J connectivity index is 2.07. The van der Waals surface area contributed by atoms with Gasteiger partial charge in [-0.25, -0.2) is 0 Å². The second-order valence-electron chi connectivity index (χ2n) is 5.01. The number of likely N-dealkylation sites (N-methyl/N-ethyl adjacent to an activating group) is 1. The zero-order valence-electron chi connectivity index (χ0n) is 11.2. The molecule has 100 valence electrons. The summed E-state index contributed by atoms with van der Waals surface area (Å²) in [6.45, 7) is 5.30. The Kier molecular flexibility index (Phi) is 5.40. The first-order valence-corrected chi connectivity index (χ1v) is 8.23. The molecule has 0 amide bonds. The largest absolute Gasteiger partial charge is 0.313 e. The minimum absolute atomic E-state index is 0.558. The lowest BCUT2D eigenvalue weighted by Crippen LogP contribution is -2.38. The van der Waals surface area contributed by atoms with Crippen LogP contribution in [0.1, 0.15) is 30.9 Å². The quantitative estimate of drug-likeness (QED) is 0.874. The summed E-state index contributed by atoms with van der Waals surface area (Å²) in [6, 6.07) is 6.97. The van der Waals surface area contributed by atoms with Gasteiger partial charge in [0, 0.05) is 16.3 Å². The van der Waals surface area contributed by atoms with E-state index in [-0.39, 0.29) is 0 Å². The summed E-state index contributed by atoms with van der Waals surface area (Å²) in [7, 11) is 0. The van der Waals surface area contributed by atoms with E-state index in [4.69, 9.17) is 11.6 Å². The maximum Gasteiger partial charge on any atom is 0.0441 e. The average molecular weight is 284 g/mol. The van der Waals surface area contributed by atoms with Crippen molar-refractivity contribution in [1.29, 1.82) is 0 Å². The molecule has 1 aliphatic rings. The van der Waals surface area contributed by atoms with Crippen LogP contribution in [0, 0.1) is 6.92 Å². The molecule has 1 aliphatic heterocycles. The smallest absolute Gasteiger partial charge is 0.0441 e. The molecule has 1 aromatic rings. The third kappa shape index (κ3) is 3.66. The molecule has 0 saturated carbocycles. The van der Waals surface area contributed by atoms with Gasteiger partial charge in [0.05, 0.1) is 0 Å². The fraction of sp³-hybridized carbons (Fsp3) is 0.600. The van der Waals surface area contributed by atoms with Gasteiger partial charge < -0.3 is 5.32 Å². The van der Waals surface area contributed by atoms with Crippen molar-refractivity contribution in [3.63, 3.8) is 0 Å². The molecule has 1 fully saturated rings. The molecule has 1 N–H and O–H groups in total. The lowest BCUT2D eigenvalue weighted by atomic mass is 10.00. The molecule has 1 aromatic carbocycles. The van der Waals surface area contributed by atoms with Gasteiger partial charge in [-0.3, -0.25) is 0 Å².